The zero-order chi connectivity index (χ0) is 24.2. The molecule has 178 valence electrons. The molecular weight excluding hydrogens is 446 g/mol. The fraction of sp³-hybridized carbons (Fsp3) is 0.435. The second-order valence-corrected chi connectivity index (χ2v) is 9.02. The molecule has 1 aliphatic rings. The van der Waals surface area contributed by atoms with Crippen molar-refractivity contribution in [2.45, 2.75) is 52.8 Å². The van der Waals surface area contributed by atoms with Crippen molar-refractivity contribution in [2.24, 2.45) is 5.10 Å². The Bertz CT molecular complexity index is 1060. The number of ether oxygens (including phenoxy) is 2. The summed E-state index contributed by atoms with van der Waals surface area (Å²) in [5.74, 6) is -1.01. The Balaban J connectivity index is 1.85. The minimum Gasteiger partial charge on any atom is -0.465 e. The first-order chi connectivity index (χ1) is 15.6. The number of H-pyrrole nitrogens is 1. The van der Waals surface area contributed by atoms with Crippen molar-refractivity contribution in [3.63, 3.8) is 0 Å². The summed E-state index contributed by atoms with van der Waals surface area (Å²) in [5.41, 5.74) is 5.94. The van der Waals surface area contributed by atoms with E-state index in [1.54, 1.807) is 27.1 Å². The van der Waals surface area contributed by atoms with Crippen LogP contribution in [0.15, 0.2) is 23.3 Å². The Labute approximate surface area is 198 Å². The number of carbonyl (C=O) groups is 2. The molecule has 9 nitrogen and oxygen atoms in total. The first-order valence-corrected chi connectivity index (χ1v) is 11.1. The van der Waals surface area contributed by atoms with Crippen molar-refractivity contribution >= 4 is 35.6 Å². The smallest absolute Gasteiger partial charge is 0.355 e. The molecule has 2 heterocycles. The van der Waals surface area contributed by atoms with Crippen LogP contribution in [0.5, 0.6) is 0 Å². The Hall–Kier alpha value is -3.04. The highest BCUT2D eigenvalue weighted by molar-refractivity contribution is 6.30. The van der Waals surface area contributed by atoms with Crippen LogP contribution in [0.1, 0.15) is 65.4 Å². The zero-order valence-corrected chi connectivity index (χ0v) is 20.3. The number of hydrazone groups is 1. The average Bonchev–Trinajstić information content (AvgIpc) is 3.40. The first kappa shape index (κ1) is 24.6. The lowest BCUT2D eigenvalue weighted by atomic mass is 10.1. The van der Waals surface area contributed by atoms with Crippen molar-refractivity contribution in [3.8, 4) is 0 Å². The summed E-state index contributed by atoms with van der Waals surface area (Å²) in [6, 6.07) is 5.64. The lowest BCUT2D eigenvalue weighted by molar-refractivity contribution is 0.00622. The second-order valence-electron chi connectivity index (χ2n) is 8.59. The van der Waals surface area contributed by atoms with E-state index >= 15 is 0 Å². The molecule has 0 radical (unpaired) electrons. The van der Waals surface area contributed by atoms with Crippen LogP contribution in [-0.4, -0.2) is 42.6 Å². The molecule has 33 heavy (non-hydrogen) atoms. The van der Waals surface area contributed by atoms with E-state index in [-0.39, 0.29) is 5.69 Å². The number of hydrogen-bond acceptors (Lipinski definition) is 8. The van der Waals surface area contributed by atoms with Crippen molar-refractivity contribution in [3.05, 3.63) is 51.3 Å². The fourth-order valence-electron chi connectivity index (χ4n) is 3.65. The van der Waals surface area contributed by atoms with E-state index in [9.17, 15) is 9.59 Å². The number of carbonyl (C=O) groups excluding carboxylic acids is 2. The highest BCUT2D eigenvalue weighted by Gasteiger charge is 2.28. The molecular formula is C23H30ClN5O4. The SMILES string of the molecule is CCc1c(C(=O)OC(C)(C)C)[nH]c(CNCc2cc(Cl)ccc2N2C=NNC2)c1C(=O)OC. The van der Waals surface area contributed by atoms with E-state index < -0.39 is 17.5 Å². The summed E-state index contributed by atoms with van der Waals surface area (Å²) < 4.78 is 10.5. The molecule has 10 heteroatoms. The fourth-order valence-corrected chi connectivity index (χ4v) is 3.84. The summed E-state index contributed by atoms with van der Waals surface area (Å²) in [6.07, 6.45) is 2.18. The number of halogens is 1. The van der Waals surface area contributed by atoms with E-state index in [4.69, 9.17) is 21.1 Å². The van der Waals surface area contributed by atoms with Crippen molar-refractivity contribution in [2.75, 3.05) is 18.7 Å². The molecule has 3 rings (SSSR count). The van der Waals surface area contributed by atoms with Gasteiger partial charge in [-0.05, 0) is 56.5 Å². The summed E-state index contributed by atoms with van der Waals surface area (Å²) in [4.78, 5) is 30.4. The maximum Gasteiger partial charge on any atom is 0.355 e. The predicted molar refractivity (Wildman–Crippen MR) is 128 cm³/mol. The Morgan fingerprint density at radius 2 is 2.00 bits per heavy atom. The van der Waals surface area contributed by atoms with E-state index in [1.165, 1.54) is 7.11 Å². The first-order valence-electron chi connectivity index (χ1n) is 10.7. The Morgan fingerprint density at radius 3 is 2.61 bits per heavy atom. The molecule has 2 aromatic rings. The van der Waals surface area contributed by atoms with Crippen LogP contribution in [0.3, 0.4) is 0 Å². The van der Waals surface area contributed by atoms with Crippen LogP contribution in [-0.2, 0) is 29.0 Å². The topological polar surface area (TPSA) is 108 Å². The number of hydrogen-bond donors (Lipinski definition) is 3. The number of nitrogens with one attached hydrogen (secondary N) is 3. The largest absolute Gasteiger partial charge is 0.465 e. The molecule has 1 aromatic carbocycles. The summed E-state index contributed by atoms with van der Waals surface area (Å²) in [5, 5.41) is 7.99. The van der Waals surface area contributed by atoms with Gasteiger partial charge in [-0.25, -0.2) is 9.59 Å². The summed E-state index contributed by atoms with van der Waals surface area (Å²) in [6.45, 7) is 8.62. The van der Waals surface area contributed by atoms with E-state index in [2.05, 4.69) is 20.8 Å². The number of methoxy groups -OCH3 is 1. The number of nitrogens with zero attached hydrogens (tertiary/aromatic N) is 2. The molecule has 0 saturated heterocycles. The van der Waals surface area contributed by atoms with Gasteiger partial charge in [0.15, 0.2) is 0 Å². The lowest BCUT2D eigenvalue weighted by Crippen LogP contribution is -2.25. The van der Waals surface area contributed by atoms with Gasteiger partial charge in [0.05, 0.1) is 12.7 Å². The molecule has 0 atom stereocenters. The number of benzene rings is 1. The van der Waals surface area contributed by atoms with Gasteiger partial charge in [-0.3, -0.25) is 5.43 Å². The number of rotatable bonds is 8. The predicted octanol–water partition coefficient (Wildman–Crippen LogP) is 3.57. The van der Waals surface area contributed by atoms with Gasteiger partial charge >= 0.3 is 11.9 Å². The molecule has 1 aliphatic heterocycles. The zero-order valence-electron chi connectivity index (χ0n) is 19.5. The summed E-state index contributed by atoms with van der Waals surface area (Å²) in [7, 11) is 1.32. The number of aromatic amines is 1. The Morgan fingerprint density at radius 1 is 1.24 bits per heavy atom. The van der Waals surface area contributed by atoms with E-state index in [0.29, 0.717) is 48.0 Å². The second kappa shape index (κ2) is 10.3. The number of anilines is 1. The van der Waals surface area contributed by atoms with Crippen molar-refractivity contribution < 1.29 is 19.1 Å². The van der Waals surface area contributed by atoms with Crippen LogP contribution in [0.4, 0.5) is 5.69 Å². The van der Waals surface area contributed by atoms with Crippen LogP contribution in [0.25, 0.3) is 0 Å². The van der Waals surface area contributed by atoms with E-state index in [0.717, 1.165) is 11.3 Å². The maximum atomic E-state index is 12.8. The van der Waals surface area contributed by atoms with Gasteiger partial charge in [0.1, 0.15) is 24.3 Å². The molecule has 1 aromatic heterocycles. The lowest BCUT2D eigenvalue weighted by Gasteiger charge is -2.19. The van der Waals surface area contributed by atoms with Gasteiger partial charge < -0.3 is 24.7 Å². The average molecular weight is 476 g/mol. The number of aromatic nitrogens is 1. The quantitative estimate of drug-likeness (QED) is 0.501. The summed E-state index contributed by atoms with van der Waals surface area (Å²) >= 11 is 6.22. The van der Waals surface area contributed by atoms with Crippen LogP contribution in [0, 0.1) is 0 Å². The molecule has 0 spiro atoms. The molecule has 0 fully saturated rings. The van der Waals surface area contributed by atoms with Crippen LogP contribution >= 0.6 is 11.6 Å². The normalized spacial score (nSPS) is 13.2. The standard InChI is InChI=1S/C23H30ClN5O4/c1-6-16-19(21(30)32-5)17(28-20(16)22(31)33-23(2,3)4)11-25-10-14-9-15(24)7-8-18(14)29-12-26-27-13-29/h7-9,12,25,27-28H,6,10-11,13H2,1-5H3. The van der Waals surface area contributed by atoms with Gasteiger partial charge in [-0.1, -0.05) is 18.5 Å². The van der Waals surface area contributed by atoms with Gasteiger partial charge in [0.2, 0.25) is 0 Å². The molecule has 0 bridgehead atoms. The minimum atomic E-state index is -0.659. The molecule has 0 aliphatic carbocycles. The molecule has 3 N–H and O–H groups in total. The van der Waals surface area contributed by atoms with Gasteiger partial charge in [0.25, 0.3) is 0 Å². The van der Waals surface area contributed by atoms with Crippen molar-refractivity contribution in [1.82, 2.24) is 15.7 Å². The van der Waals surface area contributed by atoms with Crippen LogP contribution in [0.2, 0.25) is 5.02 Å². The maximum absolute atomic E-state index is 12.8. The molecule has 0 unspecified atom stereocenters. The van der Waals surface area contributed by atoms with Crippen LogP contribution < -0.4 is 15.6 Å². The third-order valence-electron chi connectivity index (χ3n) is 5.02. The van der Waals surface area contributed by atoms with E-state index in [1.807, 2.05) is 30.0 Å². The minimum absolute atomic E-state index is 0.271. The van der Waals surface area contributed by atoms with Gasteiger partial charge in [-0.2, -0.15) is 5.10 Å². The molecule has 0 amide bonds. The third kappa shape index (κ3) is 5.85. The Kier molecular flexibility index (Phi) is 7.65. The van der Waals surface area contributed by atoms with Gasteiger partial charge in [-0.15, -0.1) is 0 Å². The highest BCUT2D eigenvalue weighted by Crippen LogP contribution is 2.26. The monoisotopic (exact) mass is 475 g/mol. The third-order valence-corrected chi connectivity index (χ3v) is 5.26. The van der Waals surface area contributed by atoms with Gasteiger partial charge in [0, 0.05) is 29.5 Å². The highest BCUT2D eigenvalue weighted by atomic mass is 35.5. The molecule has 0 saturated carbocycles. The number of esters is 2. The van der Waals surface area contributed by atoms with Crippen molar-refractivity contribution in [1.29, 1.82) is 0 Å².